The fourth-order valence-electron chi connectivity index (χ4n) is 3.89. The average Bonchev–Trinajstić information content (AvgIpc) is 3.11. The van der Waals surface area contributed by atoms with Crippen LogP contribution in [0.25, 0.3) is 5.69 Å². The predicted octanol–water partition coefficient (Wildman–Crippen LogP) is 2.26. The second-order valence-corrected chi connectivity index (χ2v) is 9.60. The summed E-state index contributed by atoms with van der Waals surface area (Å²) >= 11 is 0. The first-order valence-corrected chi connectivity index (χ1v) is 12.2. The number of hydrogen-bond donors (Lipinski definition) is 2. The highest BCUT2D eigenvalue weighted by molar-refractivity contribution is 7.89. The molecule has 1 amide bonds. The summed E-state index contributed by atoms with van der Waals surface area (Å²) in [7, 11) is -3.82. The summed E-state index contributed by atoms with van der Waals surface area (Å²) in [6.07, 6.45) is -1.40. The molecule has 0 bridgehead atoms. The predicted molar refractivity (Wildman–Crippen MR) is 126 cm³/mol. The average molecular weight is 498 g/mol. The van der Waals surface area contributed by atoms with E-state index in [4.69, 9.17) is 14.6 Å². The lowest BCUT2D eigenvalue weighted by atomic mass is 10.1. The number of aryl methyl sites for hydroxylation is 1. The number of esters is 1. The van der Waals surface area contributed by atoms with Crippen LogP contribution in [0.1, 0.15) is 28.2 Å². The molecule has 0 spiro atoms. The number of para-hydroxylation sites is 2. The zero-order valence-electron chi connectivity index (χ0n) is 19.0. The number of nitrogens with one attached hydrogen (secondary N) is 1. The fourth-order valence-corrected chi connectivity index (χ4v) is 4.40. The van der Waals surface area contributed by atoms with Gasteiger partial charge in [0.15, 0.2) is 12.7 Å². The summed E-state index contributed by atoms with van der Waals surface area (Å²) in [4.78, 5) is 37.2. The summed E-state index contributed by atoms with van der Waals surface area (Å²) in [5.41, 5.74) is 2.84. The molecule has 1 aliphatic heterocycles. The summed E-state index contributed by atoms with van der Waals surface area (Å²) in [6, 6.07) is 14.5. The lowest BCUT2D eigenvalue weighted by Gasteiger charge is -2.25. The molecule has 2 aromatic carbocycles. The van der Waals surface area contributed by atoms with Crippen molar-refractivity contribution in [1.82, 2.24) is 4.57 Å². The number of benzene rings is 2. The van der Waals surface area contributed by atoms with Gasteiger partial charge in [-0.05, 0) is 56.3 Å². The minimum absolute atomic E-state index is 0.0222. The van der Waals surface area contributed by atoms with Gasteiger partial charge in [-0.1, -0.05) is 12.1 Å². The number of primary sulfonamides is 1. The van der Waals surface area contributed by atoms with Gasteiger partial charge in [-0.3, -0.25) is 14.4 Å². The van der Waals surface area contributed by atoms with Crippen molar-refractivity contribution in [3.05, 3.63) is 71.5 Å². The number of ketones is 1. The number of hydrogen-bond acceptors (Lipinski definition) is 7. The third-order valence-electron chi connectivity index (χ3n) is 5.58. The van der Waals surface area contributed by atoms with Crippen LogP contribution in [0.4, 0.5) is 5.69 Å². The highest BCUT2D eigenvalue weighted by Crippen LogP contribution is 2.29. The minimum atomic E-state index is -3.82. The van der Waals surface area contributed by atoms with E-state index < -0.39 is 40.4 Å². The van der Waals surface area contributed by atoms with E-state index in [1.165, 1.54) is 12.1 Å². The third-order valence-corrected chi connectivity index (χ3v) is 6.51. The Hall–Kier alpha value is -3.96. The van der Waals surface area contributed by atoms with Gasteiger partial charge in [0.05, 0.1) is 17.0 Å². The maximum Gasteiger partial charge on any atom is 0.310 e. The molecule has 0 radical (unpaired) electrons. The first kappa shape index (κ1) is 24.2. The maximum atomic E-state index is 12.8. The summed E-state index contributed by atoms with van der Waals surface area (Å²) in [6.45, 7) is 3.02. The first-order chi connectivity index (χ1) is 16.5. The number of nitrogens with two attached hydrogens (primary N) is 1. The van der Waals surface area contributed by atoms with Crippen LogP contribution in [0.3, 0.4) is 0 Å². The Morgan fingerprint density at radius 2 is 1.80 bits per heavy atom. The van der Waals surface area contributed by atoms with E-state index in [0.717, 1.165) is 5.69 Å². The van der Waals surface area contributed by atoms with Crippen LogP contribution in [0.5, 0.6) is 5.75 Å². The third kappa shape index (κ3) is 5.10. The lowest BCUT2D eigenvalue weighted by Crippen LogP contribution is -2.39. The van der Waals surface area contributed by atoms with Crippen LogP contribution in [-0.4, -0.2) is 43.4 Å². The zero-order valence-corrected chi connectivity index (χ0v) is 19.8. The minimum Gasteiger partial charge on any atom is -0.478 e. The molecule has 1 aromatic heterocycles. The molecule has 0 unspecified atom stereocenters. The van der Waals surface area contributed by atoms with Gasteiger partial charge in [-0.15, -0.1) is 0 Å². The Bertz CT molecular complexity index is 1430. The van der Waals surface area contributed by atoms with E-state index in [-0.39, 0.29) is 11.3 Å². The number of sulfonamides is 1. The van der Waals surface area contributed by atoms with Crippen molar-refractivity contribution in [2.24, 2.45) is 5.14 Å². The zero-order chi connectivity index (χ0) is 25.3. The first-order valence-electron chi connectivity index (χ1n) is 10.6. The molecule has 0 saturated carbocycles. The molecule has 2 heterocycles. The van der Waals surface area contributed by atoms with Gasteiger partial charge >= 0.3 is 5.97 Å². The summed E-state index contributed by atoms with van der Waals surface area (Å²) in [5.74, 6) is -1.18. The Morgan fingerprint density at radius 1 is 1.11 bits per heavy atom. The number of carbonyl (C=O) groups is 3. The molecular formula is C24H23N3O7S. The molecule has 35 heavy (non-hydrogen) atoms. The van der Waals surface area contributed by atoms with E-state index in [1.54, 1.807) is 60.9 Å². The second-order valence-electron chi connectivity index (χ2n) is 8.04. The van der Waals surface area contributed by atoms with E-state index in [9.17, 15) is 22.8 Å². The van der Waals surface area contributed by atoms with Gasteiger partial charge in [0.2, 0.25) is 15.8 Å². The molecule has 3 aromatic rings. The second kappa shape index (κ2) is 9.35. The van der Waals surface area contributed by atoms with Crippen LogP contribution in [0.15, 0.2) is 59.5 Å². The smallest absolute Gasteiger partial charge is 0.310 e. The number of rotatable bonds is 7. The quantitative estimate of drug-likeness (QED) is 0.376. The number of aromatic nitrogens is 1. The SMILES string of the molecule is Cc1cc(C(=O)COC(=O)C[C@H]2Oc3ccccc3NC2=O)c(C)n1-c1ccc(S(N)(=O)=O)cc1. The highest BCUT2D eigenvalue weighted by atomic mass is 32.2. The van der Waals surface area contributed by atoms with Crippen LogP contribution >= 0.6 is 0 Å². The highest BCUT2D eigenvalue weighted by Gasteiger charge is 2.30. The number of nitrogens with zero attached hydrogens (tertiary/aromatic N) is 1. The normalized spacial score (nSPS) is 15.1. The summed E-state index contributed by atoms with van der Waals surface area (Å²) < 4.78 is 35.5. The molecule has 1 aliphatic rings. The van der Waals surface area contributed by atoms with Gasteiger partial charge in [-0.25, -0.2) is 13.6 Å². The van der Waals surface area contributed by atoms with Crippen LogP contribution in [0.2, 0.25) is 0 Å². The number of fused-ring (bicyclic) bond motifs is 1. The number of Topliss-reactive ketones (excluding diaryl/α,β-unsaturated/α-hetero) is 1. The van der Waals surface area contributed by atoms with E-state index in [1.807, 2.05) is 0 Å². The van der Waals surface area contributed by atoms with Crippen molar-refractivity contribution in [3.63, 3.8) is 0 Å². The standard InChI is InChI=1S/C24H23N3O7S/c1-14-11-18(15(2)27(14)16-7-9-17(10-8-16)35(25,31)32)20(28)13-33-23(29)12-22-24(30)26-19-5-3-4-6-21(19)34-22/h3-11,22H,12-13H2,1-2H3,(H,26,30)(H2,25,31,32)/t22-/m1/s1. The summed E-state index contributed by atoms with van der Waals surface area (Å²) in [5, 5.41) is 7.81. The Labute approximate surface area is 201 Å². The monoisotopic (exact) mass is 497 g/mol. The Balaban J connectivity index is 1.41. The number of anilines is 1. The molecule has 182 valence electrons. The number of carbonyl (C=O) groups excluding carboxylic acids is 3. The van der Waals surface area contributed by atoms with Gasteiger partial charge in [0.1, 0.15) is 5.75 Å². The molecule has 0 saturated heterocycles. The topological polar surface area (TPSA) is 147 Å². The number of amides is 1. The van der Waals surface area contributed by atoms with Crippen molar-refractivity contribution in [3.8, 4) is 11.4 Å². The molecule has 4 rings (SSSR count). The van der Waals surface area contributed by atoms with Crippen molar-refractivity contribution in [2.45, 2.75) is 31.3 Å². The maximum absolute atomic E-state index is 12.8. The van der Waals surface area contributed by atoms with Crippen LogP contribution < -0.4 is 15.2 Å². The van der Waals surface area contributed by atoms with Gasteiger partial charge < -0.3 is 19.4 Å². The Kier molecular flexibility index (Phi) is 6.46. The van der Waals surface area contributed by atoms with Gasteiger partial charge in [-0.2, -0.15) is 0 Å². The lowest BCUT2D eigenvalue weighted by molar-refractivity contribution is -0.146. The molecule has 3 N–H and O–H groups in total. The largest absolute Gasteiger partial charge is 0.478 e. The molecule has 10 nitrogen and oxygen atoms in total. The molecule has 0 aliphatic carbocycles. The van der Waals surface area contributed by atoms with Crippen molar-refractivity contribution in [1.29, 1.82) is 0 Å². The van der Waals surface area contributed by atoms with Gasteiger partial charge in [0.25, 0.3) is 5.91 Å². The molecule has 11 heteroatoms. The Morgan fingerprint density at radius 3 is 2.49 bits per heavy atom. The van der Waals surface area contributed by atoms with E-state index >= 15 is 0 Å². The molecule has 0 fully saturated rings. The number of ether oxygens (including phenoxy) is 2. The van der Waals surface area contributed by atoms with Crippen LogP contribution in [0, 0.1) is 13.8 Å². The van der Waals surface area contributed by atoms with Crippen molar-refractivity contribution >= 4 is 33.4 Å². The van der Waals surface area contributed by atoms with Crippen LogP contribution in [-0.2, 0) is 24.3 Å². The van der Waals surface area contributed by atoms with E-state index in [2.05, 4.69) is 5.32 Å². The van der Waals surface area contributed by atoms with Gasteiger partial charge in [0, 0.05) is 22.6 Å². The molecular weight excluding hydrogens is 474 g/mol. The van der Waals surface area contributed by atoms with Crippen molar-refractivity contribution in [2.75, 3.05) is 11.9 Å². The molecule has 1 atom stereocenters. The van der Waals surface area contributed by atoms with E-state index in [0.29, 0.717) is 28.4 Å². The fraction of sp³-hybridized carbons (Fsp3) is 0.208. The van der Waals surface area contributed by atoms with Crippen molar-refractivity contribution < 1.29 is 32.3 Å².